The van der Waals surface area contributed by atoms with Gasteiger partial charge in [0, 0.05) is 43.7 Å². The van der Waals surface area contributed by atoms with Gasteiger partial charge in [-0.1, -0.05) is 30.5 Å². The van der Waals surface area contributed by atoms with E-state index in [0.717, 1.165) is 12.1 Å². The number of fused-ring (bicyclic) bond motifs is 1. The number of carboxylic acids is 1. The Balaban J connectivity index is 1.52. The highest BCUT2D eigenvalue weighted by atomic mass is 16.4. The molecule has 1 aromatic rings. The second-order valence-corrected chi connectivity index (χ2v) is 8.08. The van der Waals surface area contributed by atoms with Gasteiger partial charge in [0.05, 0.1) is 0 Å². The summed E-state index contributed by atoms with van der Waals surface area (Å²) in [5, 5.41) is 9.98. The van der Waals surface area contributed by atoms with E-state index < -0.39 is 11.4 Å². The van der Waals surface area contributed by atoms with Crippen LogP contribution in [0.5, 0.6) is 0 Å². The van der Waals surface area contributed by atoms with Crippen LogP contribution in [-0.4, -0.2) is 59.0 Å². The van der Waals surface area contributed by atoms with E-state index >= 15 is 0 Å². The van der Waals surface area contributed by atoms with Gasteiger partial charge in [-0.2, -0.15) is 0 Å². The first-order chi connectivity index (χ1) is 12.0. The molecular formula is C20H26N2O3. The summed E-state index contributed by atoms with van der Waals surface area (Å²) in [4.78, 5) is 29.1. The summed E-state index contributed by atoms with van der Waals surface area (Å²) in [5.41, 5.74) is 0.978. The fourth-order valence-electron chi connectivity index (χ4n) is 4.99. The molecule has 0 aromatic heterocycles. The Morgan fingerprint density at radius 1 is 1.08 bits per heavy atom. The van der Waals surface area contributed by atoms with E-state index in [1.165, 1.54) is 25.7 Å². The number of hydrogen-bond acceptors (Lipinski definition) is 3. The zero-order valence-corrected chi connectivity index (χ0v) is 14.8. The molecule has 2 saturated heterocycles. The van der Waals surface area contributed by atoms with Gasteiger partial charge < -0.3 is 10.0 Å². The van der Waals surface area contributed by atoms with Crippen LogP contribution in [0, 0.1) is 18.3 Å². The van der Waals surface area contributed by atoms with Crippen molar-refractivity contribution in [1.29, 1.82) is 0 Å². The summed E-state index contributed by atoms with van der Waals surface area (Å²) in [5.74, 6) is -0.736. The van der Waals surface area contributed by atoms with Crippen molar-refractivity contribution in [3.63, 3.8) is 0 Å². The number of aryl methyl sites for hydroxylation is 1. The molecule has 2 heterocycles. The highest BCUT2D eigenvalue weighted by molar-refractivity contribution is 5.95. The number of benzene rings is 1. The smallest absolute Gasteiger partial charge is 0.313 e. The predicted octanol–water partition coefficient (Wildman–Crippen LogP) is 2.40. The molecule has 3 fully saturated rings. The van der Waals surface area contributed by atoms with E-state index in [9.17, 15) is 14.7 Å². The van der Waals surface area contributed by atoms with Crippen LogP contribution in [0.3, 0.4) is 0 Å². The number of rotatable bonds is 3. The van der Waals surface area contributed by atoms with Crippen molar-refractivity contribution in [1.82, 2.24) is 9.80 Å². The van der Waals surface area contributed by atoms with Crippen LogP contribution >= 0.6 is 0 Å². The van der Waals surface area contributed by atoms with Crippen LogP contribution in [0.4, 0.5) is 0 Å². The third-order valence-electron chi connectivity index (χ3n) is 6.49. The molecular weight excluding hydrogens is 316 g/mol. The molecule has 3 aliphatic rings. The molecule has 0 unspecified atom stereocenters. The molecule has 5 heteroatoms. The lowest BCUT2D eigenvalue weighted by Gasteiger charge is -2.28. The average molecular weight is 342 g/mol. The van der Waals surface area contributed by atoms with Gasteiger partial charge in [0.25, 0.3) is 5.91 Å². The number of amides is 1. The lowest BCUT2D eigenvalue weighted by Crippen LogP contribution is -2.43. The van der Waals surface area contributed by atoms with E-state index in [1.807, 2.05) is 31.2 Å². The monoisotopic (exact) mass is 342 g/mol. The fourth-order valence-corrected chi connectivity index (χ4v) is 4.99. The van der Waals surface area contributed by atoms with Crippen LogP contribution in [-0.2, 0) is 4.79 Å². The Kier molecular flexibility index (Phi) is 4.07. The summed E-state index contributed by atoms with van der Waals surface area (Å²) < 4.78 is 0. The molecule has 134 valence electrons. The quantitative estimate of drug-likeness (QED) is 0.916. The van der Waals surface area contributed by atoms with E-state index in [2.05, 4.69) is 4.90 Å². The number of likely N-dealkylation sites (tertiary alicyclic amines) is 2. The lowest BCUT2D eigenvalue weighted by atomic mass is 9.81. The molecule has 4 rings (SSSR count). The molecule has 5 nitrogen and oxygen atoms in total. The second kappa shape index (κ2) is 6.13. The Morgan fingerprint density at radius 2 is 1.76 bits per heavy atom. The van der Waals surface area contributed by atoms with E-state index in [4.69, 9.17) is 0 Å². The summed E-state index contributed by atoms with van der Waals surface area (Å²) in [7, 11) is 0. The van der Waals surface area contributed by atoms with Crippen molar-refractivity contribution in [2.75, 3.05) is 26.2 Å². The van der Waals surface area contributed by atoms with E-state index in [1.54, 1.807) is 4.90 Å². The topological polar surface area (TPSA) is 60.9 Å². The minimum atomic E-state index is -0.789. The van der Waals surface area contributed by atoms with Crippen LogP contribution in [0.15, 0.2) is 24.3 Å². The first-order valence-corrected chi connectivity index (χ1v) is 9.33. The number of aliphatic carboxylic acids is 1. The van der Waals surface area contributed by atoms with E-state index in [0.29, 0.717) is 31.2 Å². The zero-order valence-electron chi connectivity index (χ0n) is 14.8. The van der Waals surface area contributed by atoms with Gasteiger partial charge in [0.1, 0.15) is 5.41 Å². The zero-order chi connectivity index (χ0) is 17.6. The Labute approximate surface area is 148 Å². The van der Waals surface area contributed by atoms with Crippen molar-refractivity contribution < 1.29 is 14.7 Å². The largest absolute Gasteiger partial charge is 0.481 e. The number of carbonyl (C=O) groups is 2. The molecule has 2 atom stereocenters. The van der Waals surface area contributed by atoms with Crippen molar-refractivity contribution in [3.8, 4) is 0 Å². The maximum atomic E-state index is 12.8. The van der Waals surface area contributed by atoms with Crippen LogP contribution in [0.25, 0.3) is 0 Å². The van der Waals surface area contributed by atoms with Crippen molar-refractivity contribution in [2.45, 2.75) is 38.6 Å². The first-order valence-electron chi connectivity index (χ1n) is 9.33. The van der Waals surface area contributed by atoms with Gasteiger partial charge in [-0.3, -0.25) is 14.5 Å². The SMILES string of the molecule is Cc1ccc(C(=O)N2C[C@@H]3CN(C4CCCC4)C[C@]3(C(=O)O)C2)cc1. The van der Waals surface area contributed by atoms with Crippen molar-refractivity contribution in [2.24, 2.45) is 11.3 Å². The summed E-state index contributed by atoms with van der Waals surface area (Å²) in [6.07, 6.45) is 4.89. The number of hydrogen-bond donors (Lipinski definition) is 1. The summed E-state index contributed by atoms with van der Waals surface area (Å²) >= 11 is 0. The minimum absolute atomic E-state index is 0.0394. The van der Waals surface area contributed by atoms with Crippen molar-refractivity contribution in [3.05, 3.63) is 35.4 Å². The summed E-state index contributed by atoms with van der Waals surface area (Å²) in [6.45, 7) is 4.29. The van der Waals surface area contributed by atoms with Crippen LogP contribution in [0.1, 0.15) is 41.6 Å². The number of carbonyl (C=O) groups excluding carboxylic acids is 1. The molecule has 1 amide bonds. The minimum Gasteiger partial charge on any atom is -0.481 e. The molecule has 1 N–H and O–H groups in total. The van der Waals surface area contributed by atoms with Gasteiger partial charge in [-0.15, -0.1) is 0 Å². The molecule has 1 aromatic carbocycles. The lowest BCUT2D eigenvalue weighted by molar-refractivity contribution is -0.148. The number of nitrogens with zero attached hydrogens (tertiary/aromatic N) is 2. The third kappa shape index (κ3) is 2.74. The molecule has 0 radical (unpaired) electrons. The molecule has 1 aliphatic carbocycles. The maximum absolute atomic E-state index is 12.8. The normalized spacial score (nSPS) is 30.0. The van der Waals surface area contributed by atoms with Gasteiger partial charge >= 0.3 is 5.97 Å². The van der Waals surface area contributed by atoms with Gasteiger partial charge in [0.15, 0.2) is 0 Å². The summed E-state index contributed by atoms with van der Waals surface area (Å²) in [6, 6.07) is 8.08. The van der Waals surface area contributed by atoms with Crippen molar-refractivity contribution >= 4 is 11.9 Å². The fraction of sp³-hybridized carbons (Fsp3) is 0.600. The highest BCUT2D eigenvalue weighted by Crippen LogP contribution is 2.45. The van der Waals surface area contributed by atoms with Crippen LogP contribution in [0.2, 0.25) is 0 Å². The standard InChI is InChI=1S/C20H26N2O3/c1-14-6-8-15(9-7-14)18(23)22-11-16-10-21(17-4-2-3-5-17)12-20(16,13-22)19(24)25/h6-9,16-17H,2-5,10-13H2,1H3,(H,24,25)/t16-,20-/m0/s1. The van der Waals surface area contributed by atoms with Crippen LogP contribution < -0.4 is 0 Å². The Hall–Kier alpha value is -1.88. The molecule has 2 aliphatic heterocycles. The Bertz CT molecular complexity index is 681. The second-order valence-electron chi connectivity index (χ2n) is 8.08. The Morgan fingerprint density at radius 3 is 2.36 bits per heavy atom. The molecule has 0 bridgehead atoms. The number of carboxylic acid groups (broad SMARTS) is 1. The molecule has 25 heavy (non-hydrogen) atoms. The predicted molar refractivity (Wildman–Crippen MR) is 94.5 cm³/mol. The molecule has 1 saturated carbocycles. The van der Waals surface area contributed by atoms with Gasteiger partial charge in [-0.05, 0) is 31.9 Å². The van der Waals surface area contributed by atoms with Gasteiger partial charge in [0.2, 0.25) is 0 Å². The van der Waals surface area contributed by atoms with E-state index in [-0.39, 0.29) is 11.8 Å². The maximum Gasteiger partial charge on any atom is 0.313 e. The third-order valence-corrected chi connectivity index (χ3v) is 6.49. The molecule has 0 spiro atoms. The van der Waals surface area contributed by atoms with Gasteiger partial charge in [-0.25, -0.2) is 0 Å². The highest BCUT2D eigenvalue weighted by Gasteiger charge is 2.59. The average Bonchev–Trinajstić information content (AvgIpc) is 3.28. The first kappa shape index (κ1) is 16.6.